The van der Waals surface area contributed by atoms with Crippen LogP contribution in [0, 0.1) is 11.7 Å². The summed E-state index contributed by atoms with van der Waals surface area (Å²) in [4.78, 5) is 35.6. The lowest BCUT2D eigenvalue weighted by Crippen LogP contribution is -2.50. The van der Waals surface area contributed by atoms with Crippen LogP contribution in [0.3, 0.4) is 0 Å². The zero-order valence-corrected chi connectivity index (χ0v) is 20.6. The Hall–Kier alpha value is -3.66. The van der Waals surface area contributed by atoms with E-state index in [9.17, 15) is 9.18 Å². The topological polar surface area (TPSA) is 102 Å². The number of fused-ring (bicyclic) bond motifs is 1. The van der Waals surface area contributed by atoms with Crippen molar-refractivity contribution in [3.63, 3.8) is 0 Å². The molecule has 0 unspecified atom stereocenters. The van der Waals surface area contributed by atoms with Crippen LogP contribution in [-0.4, -0.2) is 90.7 Å². The van der Waals surface area contributed by atoms with Crippen LogP contribution in [0.4, 0.5) is 10.1 Å². The molecule has 9 nitrogen and oxygen atoms in total. The van der Waals surface area contributed by atoms with E-state index >= 15 is 0 Å². The van der Waals surface area contributed by atoms with E-state index < -0.39 is 0 Å². The number of carbonyl (C=O) groups is 2. The molecule has 1 amide bonds. The molecule has 3 aromatic rings. The number of imidazole rings is 1. The molecular weight excluding hydrogens is 465 g/mol. The number of nitrogens with zero attached hydrogens (tertiary/aromatic N) is 4. The predicted molar refractivity (Wildman–Crippen MR) is 136 cm³/mol. The van der Waals surface area contributed by atoms with E-state index in [0.29, 0.717) is 17.3 Å². The molecule has 5 rings (SSSR count). The number of piperazine rings is 1. The molecule has 36 heavy (non-hydrogen) atoms. The summed E-state index contributed by atoms with van der Waals surface area (Å²) in [6.07, 6.45) is 1.64. The second-order valence-corrected chi connectivity index (χ2v) is 9.13. The molecule has 2 fully saturated rings. The number of anilines is 1. The van der Waals surface area contributed by atoms with E-state index in [1.165, 1.54) is 6.07 Å². The van der Waals surface area contributed by atoms with Gasteiger partial charge in [-0.1, -0.05) is 0 Å². The van der Waals surface area contributed by atoms with Crippen LogP contribution in [0.25, 0.3) is 22.4 Å². The largest absolute Gasteiger partial charge is 0.497 e. The maximum absolute atomic E-state index is 14.7. The van der Waals surface area contributed by atoms with Gasteiger partial charge in [-0.3, -0.25) is 9.59 Å². The summed E-state index contributed by atoms with van der Waals surface area (Å²) in [5, 5.41) is 6.89. The Balaban J connectivity index is 0.000000967. The lowest BCUT2D eigenvalue weighted by atomic mass is 9.94. The first-order valence-electron chi connectivity index (χ1n) is 12.1. The van der Waals surface area contributed by atoms with E-state index in [4.69, 9.17) is 14.6 Å². The molecule has 0 radical (unpaired) electrons. The number of piperidine rings is 1. The average molecular weight is 498 g/mol. The molecule has 2 saturated heterocycles. The van der Waals surface area contributed by atoms with Gasteiger partial charge in [0.05, 0.1) is 23.7 Å². The summed E-state index contributed by atoms with van der Waals surface area (Å²) in [7, 11) is 3.71. The van der Waals surface area contributed by atoms with Crippen LogP contribution in [0.15, 0.2) is 36.4 Å². The number of aromatic nitrogens is 2. The van der Waals surface area contributed by atoms with Gasteiger partial charge in [-0.2, -0.15) is 0 Å². The van der Waals surface area contributed by atoms with Crippen molar-refractivity contribution in [2.24, 2.45) is 5.92 Å². The van der Waals surface area contributed by atoms with Gasteiger partial charge in [0.1, 0.15) is 17.4 Å². The molecule has 192 valence electrons. The number of nitrogens with one attached hydrogen (secondary N) is 1. The Morgan fingerprint density at radius 3 is 2.47 bits per heavy atom. The number of hydrogen-bond donors (Lipinski definition) is 2. The third-order valence-electron chi connectivity index (χ3n) is 6.92. The zero-order chi connectivity index (χ0) is 25.7. The molecule has 0 atom stereocenters. The minimum atomic E-state index is -0.315. The van der Waals surface area contributed by atoms with Crippen LogP contribution >= 0.6 is 0 Å². The molecule has 2 aromatic carbocycles. The van der Waals surface area contributed by atoms with Crippen LogP contribution in [0.1, 0.15) is 12.8 Å². The predicted octanol–water partition coefficient (Wildman–Crippen LogP) is 3.07. The fourth-order valence-electron chi connectivity index (χ4n) is 4.80. The Morgan fingerprint density at radius 2 is 1.81 bits per heavy atom. The van der Waals surface area contributed by atoms with Crippen molar-refractivity contribution >= 4 is 29.1 Å². The minimum Gasteiger partial charge on any atom is -0.497 e. The van der Waals surface area contributed by atoms with Gasteiger partial charge in [0.2, 0.25) is 5.91 Å². The summed E-state index contributed by atoms with van der Waals surface area (Å²) in [6.45, 7) is 4.84. The SMILES string of the molecule is COc1ccc2nc(-c3cc(N4CCC(C(=O)N5CCN(C)CC5)CC4)ccc3F)[nH]c2c1.O=CO. The van der Waals surface area contributed by atoms with Gasteiger partial charge in [-0.05, 0) is 50.2 Å². The number of carboxylic acid groups (broad SMARTS) is 1. The highest BCUT2D eigenvalue weighted by Crippen LogP contribution is 2.31. The molecule has 0 saturated carbocycles. The smallest absolute Gasteiger partial charge is 0.290 e. The van der Waals surface area contributed by atoms with E-state index in [-0.39, 0.29) is 18.2 Å². The first-order valence-corrected chi connectivity index (χ1v) is 12.1. The third-order valence-corrected chi connectivity index (χ3v) is 6.92. The van der Waals surface area contributed by atoms with Crippen molar-refractivity contribution in [2.45, 2.75) is 12.8 Å². The van der Waals surface area contributed by atoms with Crippen LogP contribution in [0.2, 0.25) is 0 Å². The summed E-state index contributed by atoms with van der Waals surface area (Å²) >= 11 is 0. The van der Waals surface area contributed by atoms with Gasteiger partial charge >= 0.3 is 0 Å². The van der Waals surface area contributed by atoms with Crippen LogP contribution in [0.5, 0.6) is 5.75 Å². The number of amides is 1. The molecule has 0 aliphatic carbocycles. The molecule has 3 heterocycles. The number of likely N-dealkylation sites (N-methyl/N-ethyl adjacent to an activating group) is 1. The van der Waals surface area contributed by atoms with E-state index in [2.05, 4.69) is 26.8 Å². The Morgan fingerprint density at radius 1 is 1.11 bits per heavy atom. The minimum absolute atomic E-state index is 0.0786. The fraction of sp³-hybridized carbons (Fsp3) is 0.423. The van der Waals surface area contributed by atoms with Gasteiger partial charge in [0.15, 0.2) is 0 Å². The van der Waals surface area contributed by atoms with Crippen molar-refractivity contribution < 1.29 is 23.8 Å². The van der Waals surface area contributed by atoms with Gasteiger partial charge < -0.3 is 29.5 Å². The van der Waals surface area contributed by atoms with Crippen molar-refractivity contribution in [1.82, 2.24) is 19.8 Å². The highest BCUT2D eigenvalue weighted by molar-refractivity contribution is 5.82. The molecule has 10 heteroatoms. The highest BCUT2D eigenvalue weighted by atomic mass is 19.1. The normalized spacial score (nSPS) is 17.0. The van der Waals surface area contributed by atoms with E-state index in [0.717, 1.165) is 74.6 Å². The first kappa shape index (κ1) is 25.4. The summed E-state index contributed by atoms with van der Waals surface area (Å²) in [5.74, 6) is 1.28. The van der Waals surface area contributed by atoms with Crippen molar-refractivity contribution in [2.75, 3.05) is 58.3 Å². The number of H-pyrrole nitrogens is 1. The fourth-order valence-corrected chi connectivity index (χ4v) is 4.80. The van der Waals surface area contributed by atoms with Crippen LogP contribution in [-0.2, 0) is 9.59 Å². The van der Waals surface area contributed by atoms with Gasteiger partial charge in [-0.15, -0.1) is 0 Å². The van der Waals surface area contributed by atoms with E-state index in [1.807, 2.05) is 35.2 Å². The summed E-state index contributed by atoms with van der Waals surface area (Å²) in [5.41, 5.74) is 2.96. The number of aromatic amines is 1. The van der Waals surface area contributed by atoms with Crippen molar-refractivity contribution in [3.05, 3.63) is 42.2 Å². The lowest BCUT2D eigenvalue weighted by Gasteiger charge is -2.38. The molecule has 2 aliphatic rings. The van der Waals surface area contributed by atoms with Gasteiger partial charge in [0, 0.05) is 56.9 Å². The average Bonchev–Trinajstić information content (AvgIpc) is 3.33. The highest BCUT2D eigenvalue weighted by Gasteiger charge is 2.30. The summed E-state index contributed by atoms with van der Waals surface area (Å²) < 4.78 is 20.0. The van der Waals surface area contributed by atoms with Crippen molar-refractivity contribution in [1.29, 1.82) is 0 Å². The molecule has 0 spiro atoms. The number of carbonyl (C=O) groups excluding carboxylic acids is 1. The van der Waals surface area contributed by atoms with Gasteiger partial charge in [-0.25, -0.2) is 9.37 Å². The number of rotatable bonds is 4. The third kappa shape index (κ3) is 5.59. The zero-order valence-electron chi connectivity index (χ0n) is 20.6. The second kappa shape index (κ2) is 11.4. The molecule has 1 aromatic heterocycles. The Bertz CT molecular complexity index is 1200. The standard InChI is InChI=1S/C25H30FN5O2.CH2O2/c1-29-11-13-31(14-12-29)25(32)17-7-9-30(10-8-17)18-3-5-21(26)20(15-18)24-27-22-6-4-19(33-2)16-23(22)28-24;2-1-3/h3-6,15-17H,7-14H2,1-2H3,(H,27,28);1H,(H,2,3). The lowest BCUT2D eigenvalue weighted by molar-refractivity contribution is -0.137. The first-order chi connectivity index (χ1) is 17.4. The Kier molecular flexibility index (Phi) is 8.04. The number of halogens is 1. The molecular formula is C26H32FN5O4. The number of benzene rings is 2. The maximum Gasteiger partial charge on any atom is 0.290 e. The number of hydrogen-bond acceptors (Lipinski definition) is 6. The maximum atomic E-state index is 14.7. The van der Waals surface area contributed by atoms with Crippen molar-refractivity contribution in [3.8, 4) is 17.1 Å². The molecule has 0 bridgehead atoms. The van der Waals surface area contributed by atoms with Gasteiger partial charge in [0.25, 0.3) is 6.47 Å². The molecule has 2 N–H and O–H groups in total. The molecule has 2 aliphatic heterocycles. The monoisotopic (exact) mass is 497 g/mol. The second-order valence-electron chi connectivity index (χ2n) is 9.13. The Labute approximate surface area is 209 Å². The summed E-state index contributed by atoms with van der Waals surface area (Å²) in [6, 6.07) is 10.7. The quantitative estimate of drug-likeness (QED) is 0.534. The number of ether oxygens (including phenoxy) is 1. The number of methoxy groups -OCH3 is 1. The van der Waals surface area contributed by atoms with E-state index in [1.54, 1.807) is 7.11 Å². The van der Waals surface area contributed by atoms with Crippen LogP contribution < -0.4 is 9.64 Å².